The molecule has 88 valence electrons. The molecule has 0 spiro atoms. The summed E-state index contributed by atoms with van der Waals surface area (Å²) < 4.78 is 5.82. The van der Waals surface area contributed by atoms with Gasteiger partial charge in [-0.2, -0.15) is 0 Å². The minimum absolute atomic E-state index is 0.186. The summed E-state index contributed by atoms with van der Waals surface area (Å²) in [7, 11) is 0. The van der Waals surface area contributed by atoms with Crippen molar-refractivity contribution >= 4 is 5.78 Å². The van der Waals surface area contributed by atoms with Crippen molar-refractivity contribution in [1.29, 1.82) is 0 Å². The van der Waals surface area contributed by atoms with Gasteiger partial charge in [-0.05, 0) is 25.0 Å². The lowest BCUT2D eigenvalue weighted by atomic mass is 9.90. The number of hydrogen-bond acceptors (Lipinski definition) is 2. The van der Waals surface area contributed by atoms with E-state index < -0.39 is 0 Å². The first-order valence-corrected chi connectivity index (χ1v) is 6.22. The number of hydrogen-bond donors (Lipinski definition) is 0. The van der Waals surface area contributed by atoms with E-state index in [-0.39, 0.29) is 11.8 Å². The first-order valence-electron chi connectivity index (χ1n) is 6.22. The van der Waals surface area contributed by atoms with Gasteiger partial charge in [-0.3, -0.25) is 4.79 Å². The molecule has 0 aromatic carbocycles. The van der Waals surface area contributed by atoms with Crippen LogP contribution in [0, 0.1) is 5.92 Å². The Balaban J connectivity index is 2.13. The Morgan fingerprint density at radius 3 is 2.44 bits per heavy atom. The normalized spacial score (nSPS) is 23.0. The number of rotatable bonds is 3. The van der Waals surface area contributed by atoms with E-state index in [4.69, 9.17) is 4.42 Å². The van der Waals surface area contributed by atoms with Crippen LogP contribution in [-0.2, 0) is 4.79 Å². The average molecular weight is 220 g/mol. The maximum atomic E-state index is 11.7. The molecule has 1 fully saturated rings. The summed E-state index contributed by atoms with van der Waals surface area (Å²) in [6.45, 7) is 6.35. The van der Waals surface area contributed by atoms with Crippen LogP contribution in [0.1, 0.15) is 63.4 Å². The second-order valence-corrected chi connectivity index (χ2v) is 5.15. The van der Waals surface area contributed by atoms with Gasteiger partial charge in [0.05, 0.1) is 0 Å². The van der Waals surface area contributed by atoms with Gasteiger partial charge in [0, 0.05) is 24.2 Å². The van der Waals surface area contributed by atoms with Crippen molar-refractivity contribution in [3.63, 3.8) is 0 Å². The van der Waals surface area contributed by atoms with Crippen LogP contribution in [0.5, 0.6) is 0 Å². The minimum Gasteiger partial charge on any atom is -0.466 e. The molecule has 1 aromatic rings. The smallest absolute Gasteiger partial charge is 0.136 e. The largest absolute Gasteiger partial charge is 0.466 e. The molecule has 2 unspecified atom stereocenters. The van der Waals surface area contributed by atoms with Crippen molar-refractivity contribution in [2.45, 2.75) is 51.9 Å². The van der Waals surface area contributed by atoms with Crippen molar-refractivity contribution in [2.75, 3.05) is 0 Å². The van der Waals surface area contributed by atoms with E-state index in [1.54, 1.807) is 0 Å². The van der Waals surface area contributed by atoms with Crippen LogP contribution in [-0.4, -0.2) is 5.78 Å². The van der Waals surface area contributed by atoms with Gasteiger partial charge >= 0.3 is 0 Å². The van der Waals surface area contributed by atoms with Crippen molar-refractivity contribution < 1.29 is 9.21 Å². The molecule has 1 aliphatic carbocycles. The first kappa shape index (κ1) is 11.4. The highest BCUT2D eigenvalue weighted by Gasteiger charge is 2.31. The number of carbonyl (C=O) groups excluding carboxylic acids is 1. The SMILES string of the molecule is CC(C)c1ccc(C(C)C2CCCC2=O)o1. The zero-order chi connectivity index (χ0) is 11.7. The Morgan fingerprint density at radius 1 is 1.25 bits per heavy atom. The molecule has 0 amide bonds. The standard InChI is InChI=1S/C14H20O2/c1-9(2)13-7-8-14(16-13)10(3)11-5-4-6-12(11)15/h7-11H,4-6H2,1-3H3. The van der Waals surface area contributed by atoms with Gasteiger partial charge in [0.2, 0.25) is 0 Å². The van der Waals surface area contributed by atoms with Gasteiger partial charge in [0.15, 0.2) is 0 Å². The molecule has 2 nitrogen and oxygen atoms in total. The zero-order valence-electron chi connectivity index (χ0n) is 10.3. The summed E-state index contributed by atoms with van der Waals surface area (Å²) in [5.74, 6) is 3.25. The molecule has 2 atom stereocenters. The van der Waals surface area contributed by atoms with E-state index in [0.29, 0.717) is 11.7 Å². The fraction of sp³-hybridized carbons (Fsp3) is 0.643. The van der Waals surface area contributed by atoms with Crippen molar-refractivity contribution in [3.05, 3.63) is 23.7 Å². The molecule has 0 radical (unpaired) electrons. The molecule has 2 rings (SSSR count). The lowest BCUT2D eigenvalue weighted by Crippen LogP contribution is -2.13. The number of furan rings is 1. The third kappa shape index (κ3) is 2.06. The third-order valence-corrected chi connectivity index (χ3v) is 3.62. The third-order valence-electron chi connectivity index (χ3n) is 3.62. The molecule has 0 bridgehead atoms. The summed E-state index contributed by atoms with van der Waals surface area (Å²) in [4.78, 5) is 11.7. The molecule has 0 N–H and O–H groups in total. The summed E-state index contributed by atoms with van der Waals surface area (Å²) in [5, 5.41) is 0. The fourth-order valence-corrected chi connectivity index (χ4v) is 2.49. The minimum atomic E-state index is 0.186. The molecule has 16 heavy (non-hydrogen) atoms. The van der Waals surface area contributed by atoms with E-state index in [9.17, 15) is 4.79 Å². The maximum Gasteiger partial charge on any atom is 0.136 e. The predicted molar refractivity (Wildman–Crippen MR) is 63.6 cm³/mol. The van der Waals surface area contributed by atoms with Crippen LogP contribution < -0.4 is 0 Å². The van der Waals surface area contributed by atoms with Crippen LogP contribution >= 0.6 is 0 Å². The Labute approximate surface area is 97.0 Å². The Kier molecular flexibility index (Phi) is 3.17. The highest BCUT2D eigenvalue weighted by Crippen LogP contribution is 2.36. The summed E-state index contributed by atoms with van der Waals surface area (Å²) in [6, 6.07) is 4.07. The summed E-state index contributed by atoms with van der Waals surface area (Å²) in [6.07, 6.45) is 2.83. The van der Waals surface area contributed by atoms with Gasteiger partial charge in [-0.1, -0.05) is 20.8 Å². The van der Waals surface area contributed by atoms with Gasteiger partial charge < -0.3 is 4.42 Å². The van der Waals surface area contributed by atoms with Crippen LogP contribution in [0.2, 0.25) is 0 Å². The number of Topliss-reactive ketones (excluding diaryl/α,β-unsaturated/α-hetero) is 1. The lowest BCUT2D eigenvalue weighted by molar-refractivity contribution is -0.121. The highest BCUT2D eigenvalue weighted by atomic mass is 16.3. The molecule has 0 aliphatic heterocycles. The van der Waals surface area contributed by atoms with Crippen LogP contribution in [0.25, 0.3) is 0 Å². The second kappa shape index (κ2) is 4.44. The van der Waals surface area contributed by atoms with Crippen LogP contribution in [0.15, 0.2) is 16.5 Å². The van der Waals surface area contributed by atoms with Crippen molar-refractivity contribution in [1.82, 2.24) is 0 Å². The van der Waals surface area contributed by atoms with Gasteiger partial charge in [0.25, 0.3) is 0 Å². The van der Waals surface area contributed by atoms with Crippen LogP contribution in [0.4, 0.5) is 0 Å². The number of carbonyl (C=O) groups is 1. The van der Waals surface area contributed by atoms with Gasteiger partial charge in [-0.15, -0.1) is 0 Å². The molecule has 0 saturated heterocycles. The molecule has 1 heterocycles. The molecular weight excluding hydrogens is 200 g/mol. The van der Waals surface area contributed by atoms with E-state index >= 15 is 0 Å². The molecule has 1 saturated carbocycles. The Morgan fingerprint density at radius 2 is 1.94 bits per heavy atom. The quantitative estimate of drug-likeness (QED) is 0.774. The molecule has 1 aliphatic rings. The maximum absolute atomic E-state index is 11.7. The summed E-state index contributed by atoms with van der Waals surface area (Å²) in [5.41, 5.74) is 0. The second-order valence-electron chi connectivity index (χ2n) is 5.15. The van der Waals surface area contributed by atoms with Crippen molar-refractivity contribution in [3.8, 4) is 0 Å². The fourth-order valence-electron chi connectivity index (χ4n) is 2.49. The topological polar surface area (TPSA) is 30.2 Å². The van der Waals surface area contributed by atoms with E-state index in [1.165, 1.54) is 0 Å². The summed E-state index contributed by atoms with van der Waals surface area (Å²) >= 11 is 0. The molecule has 1 aromatic heterocycles. The Bertz CT molecular complexity index is 376. The zero-order valence-corrected chi connectivity index (χ0v) is 10.3. The lowest BCUT2D eigenvalue weighted by Gasteiger charge is -2.15. The van der Waals surface area contributed by atoms with Crippen LogP contribution in [0.3, 0.4) is 0 Å². The molecule has 2 heteroatoms. The average Bonchev–Trinajstić information content (AvgIpc) is 2.84. The monoisotopic (exact) mass is 220 g/mol. The first-order chi connectivity index (χ1) is 7.59. The van der Waals surface area contributed by atoms with Gasteiger partial charge in [-0.25, -0.2) is 0 Å². The van der Waals surface area contributed by atoms with Crippen molar-refractivity contribution in [2.24, 2.45) is 5.92 Å². The Hall–Kier alpha value is -1.05. The van der Waals surface area contributed by atoms with Gasteiger partial charge in [0.1, 0.15) is 17.3 Å². The predicted octanol–water partition coefficient (Wildman–Crippen LogP) is 3.88. The number of ketones is 1. The van der Waals surface area contributed by atoms with E-state index in [2.05, 4.69) is 20.8 Å². The highest BCUT2D eigenvalue weighted by molar-refractivity contribution is 5.83. The van der Waals surface area contributed by atoms with E-state index in [0.717, 1.165) is 30.8 Å². The van der Waals surface area contributed by atoms with E-state index in [1.807, 2.05) is 12.1 Å². The molecular formula is C14H20O2.